The van der Waals surface area contributed by atoms with Gasteiger partial charge in [0.15, 0.2) is 17.8 Å². The Hall–Kier alpha value is -3.27. The molecule has 52 heavy (non-hydrogen) atoms. The number of sulfonamides is 1. The lowest BCUT2D eigenvalue weighted by Crippen LogP contribution is -2.46. The first-order chi connectivity index (χ1) is 24.7. The van der Waals surface area contributed by atoms with E-state index in [9.17, 15) is 13.2 Å². The van der Waals surface area contributed by atoms with Crippen LogP contribution in [-0.2, 0) is 46.8 Å². The minimum absolute atomic E-state index is 0.00172. The van der Waals surface area contributed by atoms with E-state index < -0.39 is 33.8 Å². The van der Waals surface area contributed by atoms with Crippen LogP contribution in [0.3, 0.4) is 0 Å². The molecule has 0 N–H and O–H groups in total. The Morgan fingerprint density at radius 1 is 1.06 bits per heavy atom. The molecule has 2 saturated heterocycles. The van der Waals surface area contributed by atoms with E-state index in [0.717, 1.165) is 22.7 Å². The molecule has 12 nitrogen and oxygen atoms in total. The number of esters is 1. The van der Waals surface area contributed by atoms with E-state index in [1.807, 2.05) is 71.2 Å². The van der Waals surface area contributed by atoms with E-state index in [4.69, 9.17) is 33.2 Å². The summed E-state index contributed by atoms with van der Waals surface area (Å²) in [6.07, 6.45) is -0.226. The molecule has 2 aromatic carbocycles. The number of aromatic nitrogens is 1. The molecule has 5 atom stereocenters. The van der Waals surface area contributed by atoms with Gasteiger partial charge in [-0.3, -0.25) is 4.79 Å². The van der Waals surface area contributed by atoms with E-state index in [0.29, 0.717) is 36.9 Å². The number of fused-ring (bicyclic) bond motifs is 2. The fourth-order valence-electron chi connectivity index (χ4n) is 6.77. The Labute approximate surface area is 310 Å². The highest BCUT2D eigenvalue weighted by atomic mass is 32.2. The lowest BCUT2D eigenvalue weighted by Gasteiger charge is -2.37. The zero-order chi connectivity index (χ0) is 37.0. The number of carbonyl (C=O) groups excluding carboxylic acids is 1. The molecular weight excluding hydrogens is 709 g/mol. The van der Waals surface area contributed by atoms with Gasteiger partial charge in [-0.2, -0.15) is 4.31 Å². The third-order valence-electron chi connectivity index (χ3n) is 9.14. The Morgan fingerprint density at radius 3 is 2.54 bits per heavy atom. The van der Waals surface area contributed by atoms with Crippen LogP contribution < -0.4 is 14.2 Å². The normalized spacial score (nSPS) is 21.0. The van der Waals surface area contributed by atoms with Crippen LogP contribution in [0.1, 0.15) is 63.7 Å². The maximum absolute atomic E-state index is 14.3. The average Bonchev–Trinajstić information content (AvgIpc) is 3.89. The van der Waals surface area contributed by atoms with E-state index in [2.05, 4.69) is 4.98 Å². The number of aryl methyl sites for hydroxylation is 1. The van der Waals surface area contributed by atoms with Gasteiger partial charge in [0, 0.05) is 30.5 Å². The zero-order valence-electron chi connectivity index (χ0n) is 30.7. The van der Waals surface area contributed by atoms with Crippen molar-refractivity contribution in [2.45, 2.75) is 96.4 Å². The fraction of sp³-hybridized carbons (Fsp3) is 0.579. The highest BCUT2D eigenvalue weighted by Crippen LogP contribution is 2.36. The summed E-state index contributed by atoms with van der Waals surface area (Å²) in [6, 6.07) is 12.4. The third kappa shape index (κ3) is 9.83. The van der Waals surface area contributed by atoms with Crippen molar-refractivity contribution in [3.63, 3.8) is 0 Å². The van der Waals surface area contributed by atoms with E-state index >= 15 is 0 Å². The highest BCUT2D eigenvalue weighted by Gasteiger charge is 2.44. The molecule has 0 unspecified atom stereocenters. The van der Waals surface area contributed by atoms with Crippen LogP contribution >= 0.6 is 11.3 Å². The molecule has 14 heteroatoms. The first-order valence-electron chi connectivity index (χ1n) is 17.9. The van der Waals surface area contributed by atoms with Crippen molar-refractivity contribution >= 4 is 27.3 Å². The Bertz CT molecular complexity index is 1770. The highest BCUT2D eigenvalue weighted by molar-refractivity contribution is 7.89. The van der Waals surface area contributed by atoms with Crippen molar-refractivity contribution in [1.29, 1.82) is 0 Å². The lowest BCUT2D eigenvalue weighted by atomic mass is 9.90. The molecule has 2 fully saturated rings. The predicted molar refractivity (Wildman–Crippen MR) is 194 cm³/mol. The second kappa shape index (κ2) is 16.4. The summed E-state index contributed by atoms with van der Waals surface area (Å²) in [5.41, 5.74) is 1.16. The van der Waals surface area contributed by atoms with Crippen molar-refractivity contribution in [2.24, 2.45) is 17.8 Å². The topological polar surface area (TPSA) is 132 Å². The standard InChI is InChI=1S/C38H50N2O10S2/c1-24(2)18-40(52(42,43)30-11-12-32-33(17-30)48-23-47-32)19-34(50-38(4,5)6)27(16-36(41)49-35-21-46-37-31(35)13-14-44-37)15-26-7-9-29(10-8-26)45-20-28-22-51-25(3)39-28/h7-12,17,22,24,27,31,34-35,37H,13-16,18-21,23H2,1-6H3/t27-,31+,34-,35+,37-/m1/s1. The zero-order valence-corrected chi connectivity index (χ0v) is 32.4. The number of ether oxygens (including phenoxy) is 7. The molecule has 0 saturated carbocycles. The van der Waals surface area contributed by atoms with Crippen molar-refractivity contribution in [3.8, 4) is 17.2 Å². The molecule has 0 aliphatic carbocycles. The summed E-state index contributed by atoms with van der Waals surface area (Å²) in [4.78, 5) is 18.3. The summed E-state index contributed by atoms with van der Waals surface area (Å²) in [6.45, 7) is 13.2. The summed E-state index contributed by atoms with van der Waals surface area (Å²) in [5, 5.41) is 2.97. The SMILES string of the molecule is Cc1nc(COc2ccc(C[C@H](CC(=O)O[C@H]3CO[C@H]4OCC[C@H]43)[C@@H](CN(CC(C)C)S(=O)(=O)c3ccc4c(c3)OCO4)OC(C)(C)C)cc2)cs1. The summed E-state index contributed by atoms with van der Waals surface area (Å²) in [7, 11) is -4.01. The van der Waals surface area contributed by atoms with Crippen LogP contribution in [0.5, 0.6) is 17.2 Å². The van der Waals surface area contributed by atoms with Gasteiger partial charge in [-0.05, 0) is 76.3 Å². The molecule has 6 rings (SSSR count). The number of hydrogen-bond acceptors (Lipinski definition) is 12. The smallest absolute Gasteiger partial charge is 0.306 e. The van der Waals surface area contributed by atoms with E-state index in [-0.39, 0.29) is 61.9 Å². The summed E-state index contributed by atoms with van der Waals surface area (Å²) >= 11 is 1.58. The summed E-state index contributed by atoms with van der Waals surface area (Å²) in [5.74, 6) is 0.746. The van der Waals surface area contributed by atoms with Gasteiger partial charge in [0.05, 0.1) is 52.9 Å². The number of thiazole rings is 1. The Balaban J connectivity index is 1.26. The molecule has 3 aromatic rings. The molecule has 0 bridgehead atoms. The molecule has 3 aliphatic rings. The quantitative estimate of drug-likeness (QED) is 0.156. The average molecular weight is 759 g/mol. The van der Waals surface area contributed by atoms with Gasteiger partial charge in [-0.1, -0.05) is 26.0 Å². The molecule has 4 heterocycles. The van der Waals surface area contributed by atoms with Crippen molar-refractivity contribution in [1.82, 2.24) is 9.29 Å². The molecule has 0 amide bonds. The van der Waals surface area contributed by atoms with Crippen molar-refractivity contribution < 1.29 is 46.4 Å². The van der Waals surface area contributed by atoms with Gasteiger partial charge in [0.25, 0.3) is 0 Å². The van der Waals surface area contributed by atoms with Gasteiger partial charge in [0.1, 0.15) is 18.5 Å². The minimum atomic E-state index is -4.01. The second-order valence-corrected chi connectivity index (χ2v) is 18.0. The molecule has 0 radical (unpaired) electrons. The molecule has 284 valence electrons. The van der Waals surface area contributed by atoms with Crippen LogP contribution in [0.4, 0.5) is 0 Å². The maximum atomic E-state index is 14.3. The van der Waals surface area contributed by atoms with Crippen molar-refractivity contribution in [3.05, 3.63) is 64.1 Å². The largest absolute Gasteiger partial charge is 0.487 e. The number of carbonyl (C=O) groups is 1. The number of nitrogens with zero attached hydrogens (tertiary/aromatic N) is 2. The molecule has 0 spiro atoms. The lowest BCUT2D eigenvalue weighted by molar-refractivity contribution is -0.155. The van der Waals surface area contributed by atoms with Gasteiger partial charge in [-0.25, -0.2) is 13.4 Å². The molecular formula is C38H50N2O10S2. The van der Waals surface area contributed by atoms with Crippen LogP contribution in [0.25, 0.3) is 0 Å². The maximum Gasteiger partial charge on any atom is 0.306 e. The first kappa shape index (κ1) is 38.5. The number of rotatable bonds is 16. The first-order valence-corrected chi connectivity index (χ1v) is 20.2. The third-order valence-corrected chi connectivity index (χ3v) is 11.8. The molecule has 1 aromatic heterocycles. The van der Waals surface area contributed by atoms with Crippen molar-refractivity contribution in [2.75, 3.05) is 33.1 Å². The summed E-state index contributed by atoms with van der Waals surface area (Å²) < 4.78 is 71.2. The van der Waals surface area contributed by atoms with Gasteiger partial charge in [-0.15, -0.1) is 11.3 Å². The minimum Gasteiger partial charge on any atom is -0.487 e. The van der Waals surface area contributed by atoms with E-state index in [1.54, 1.807) is 17.4 Å². The van der Waals surface area contributed by atoms with Crippen LogP contribution in [0.15, 0.2) is 52.7 Å². The Kier molecular flexibility index (Phi) is 12.1. The number of benzene rings is 2. The monoisotopic (exact) mass is 758 g/mol. The van der Waals surface area contributed by atoms with Crippen LogP contribution in [0, 0.1) is 24.7 Å². The number of hydrogen-bond donors (Lipinski definition) is 0. The fourth-order valence-corrected chi connectivity index (χ4v) is 9.00. The van der Waals surface area contributed by atoms with Crippen LogP contribution in [0.2, 0.25) is 0 Å². The second-order valence-electron chi connectivity index (χ2n) is 15.0. The van der Waals surface area contributed by atoms with Gasteiger partial charge >= 0.3 is 5.97 Å². The van der Waals surface area contributed by atoms with E-state index in [1.165, 1.54) is 16.4 Å². The molecule has 3 aliphatic heterocycles. The predicted octanol–water partition coefficient (Wildman–Crippen LogP) is 6.14. The van der Waals surface area contributed by atoms with Gasteiger partial charge in [0.2, 0.25) is 16.8 Å². The van der Waals surface area contributed by atoms with Crippen LogP contribution in [-0.4, -0.2) is 80.9 Å². The van der Waals surface area contributed by atoms with Gasteiger partial charge < -0.3 is 33.2 Å². The Morgan fingerprint density at radius 2 is 1.83 bits per heavy atom.